The van der Waals surface area contributed by atoms with Crippen LogP contribution in [-0.2, 0) is 31.2 Å². The Kier molecular flexibility index (Phi) is 14.9. The maximum atomic E-state index is 13.6. The lowest BCUT2D eigenvalue weighted by Gasteiger charge is -2.45. The molecular formula is C48H50F4N6O6S4. The molecule has 0 saturated carbocycles. The Morgan fingerprint density at radius 2 is 0.971 bits per heavy atom. The smallest absolute Gasteiger partial charge is 0.185 e. The molecule has 360 valence electrons. The molecule has 6 atom stereocenters. The van der Waals surface area contributed by atoms with Gasteiger partial charge >= 0.3 is 0 Å². The number of ether oxygens (including phenoxy) is 2. The van der Waals surface area contributed by atoms with Crippen LogP contribution < -0.4 is 9.47 Å². The Hall–Kier alpha value is -4.86. The molecule has 2 saturated heterocycles. The largest absolute Gasteiger partial charge is 0.493 e. The highest BCUT2D eigenvalue weighted by Gasteiger charge is 2.39. The summed E-state index contributed by atoms with van der Waals surface area (Å²) >= 11 is 2.13. The third-order valence-corrected chi connectivity index (χ3v) is 18.3. The minimum Gasteiger partial charge on any atom is -0.493 e. The van der Waals surface area contributed by atoms with Gasteiger partial charge in [0, 0.05) is 48.1 Å². The highest BCUT2D eigenvalue weighted by molar-refractivity contribution is 7.91. The summed E-state index contributed by atoms with van der Waals surface area (Å²) in [6.45, 7) is 1.58. The maximum Gasteiger partial charge on any atom is 0.185 e. The molecule has 2 aromatic heterocycles. The van der Waals surface area contributed by atoms with E-state index in [1.165, 1.54) is 36.9 Å². The van der Waals surface area contributed by atoms with Crippen LogP contribution in [-0.4, -0.2) is 85.0 Å². The first-order chi connectivity index (χ1) is 32.9. The maximum absolute atomic E-state index is 13.6. The van der Waals surface area contributed by atoms with Crippen molar-refractivity contribution in [1.82, 2.24) is 28.5 Å². The Morgan fingerprint density at radius 3 is 1.34 bits per heavy atom. The predicted molar refractivity (Wildman–Crippen MR) is 249 cm³/mol. The Morgan fingerprint density at radius 1 is 0.559 bits per heavy atom. The Bertz CT molecular complexity index is 2670. The van der Waals surface area contributed by atoms with E-state index in [0.717, 1.165) is 71.0 Å². The number of halogens is 4. The zero-order valence-corrected chi connectivity index (χ0v) is 40.1. The van der Waals surface area contributed by atoms with Gasteiger partial charge in [-0.2, -0.15) is 8.75 Å². The minimum absolute atomic E-state index is 0.000666. The van der Waals surface area contributed by atoms with E-state index in [9.17, 15) is 34.4 Å². The topological polar surface area (TPSA) is 145 Å². The zero-order valence-electron chi connectivity index (χ0n) is 36.9. The summed E-state index contributed by atoms with van der Waals surface area (Å²) < 4.78 is 125. The van der Waals surface area contributed by atoms with E-state index in [4.69, 9.17) is 9.47 Å². The number of aromatic nitrogens is 4. The lowest BCUT2D eigenvalue weighted by Crippen LogP contribution is -2.41. The number of sulfone groups is 2. The molecule has 4 aromatic carbocycles. The average molecular weight is 1010 g/mol. The molecule has 6 aromatic rings. The van der Waals surface area contributed by atoms with Crippen molar-refractivity contribution in [3.8, 4) is 11.5 Å². The molecule has 12 nitrogen and oxygen atoms in total. The fraction of sp³-hybridized carbons (Fsp3) is 0.417. The summed E-state index contributed by atoms with van der Waals surface area (Å²) in [6.07, 6.45) is 6.97. The van der Waals surface area contributed by atoms with Gasteiger partial charge in [-0.25, -0.2) is 35.6 Å². The second-order valence-corrected chi connectivity index (χ2v) is 23.3. The minimum atomic E-state index is -3.59. The number of fused-ring (bicyclic) bond motifs is 2. The van der Waals surface area contributed by atoms with Crippen LogP contribution in [0.15, 0.2) is 107 Å². The molecule has 2 fully saturated rings. The van der Waals surface area contributed by atoms with E-state index >= 15 is 0 Å². The van der Waals surface area contributed by atoms with Crippen molar-refractivity contribution >= 4 is 42.7 Å². The normalized spacial score (nSPS) is 23.3. The van der Waals surface area contributed by atoms with Crippen molar-refractivity contribution in [1.29, 1.82) is 0 Å². The van der Waals surface area contributed by atoms with Gasteiger partial charge in [-0.3, -0.25) is 18.6 Å². The van der Waals surface area contributed by atoms with Gasteiger partial charge in [0.05, 0.1) is 36.4 Å². The second-order valence-electron chi connectivity index (χ2n) is 17.6. The van der Waals surface area contributed by atoms with E-state index in [0.29, 0.717) is 60.7 Å². The van der Waals surface area contributed by atoms with Crippen LogP contribution >= 0.6 is 23.1 Å². The summed E-state index contributed by atoms with van der Waals surface area (Å²) in [5.41, 5.74) is 3.77. The lowest BCUT2D eigenvalue weighted by atomic mass is 9.85. The first kappa shape index (κ1) is 48.2. The van der Waals surface area contributed by atoms with Crippen molar-refractivity contribution in [2.45, 2.75) is 84.0 Å². The standard InChI is InChI=1S/2C24H25F2N3O3S2/c2*25-13-16-7-9-29(22(11-16)17-1-3-18(26)4-2-17)21-8-10-32-23-12-19(5-6-20(21)23)34(30,31)14-24-27-15-28-33-24/h2*1-6,12,15-16,21-22H,7-11,13-14H2/t16-,21+,22+;16-,21-,22+/m00/s1. The molecule has 0 aliphatic carbocycles. The van der Waals surface area contributed by atoms with E-state index in [2.05, 4.69) is 28.5 Å². The van der Waals surface area contributed by atoms with E-state index in [-0.39, 0.29) is 82.3 Å². The van der Waals surface area contributed by atoms with Gasteiger partial charge in [-0.1, -0.05) is 36.4 Å². The van der Waals surface area contributed by atoms with Crippen molar-refractivity contribution < 1.29 is 43.9 Å². The molecule has 0 unspecified atom stereocenters. The molecular weight excluding hydrogens is 961 g/mol. The van der Waals surface area contributed by atoms with Crippen LogP contribution in [0.1, 0.15) is 95.0 Å². The molecule has 20 heteroatoms. The van der Waals surface area contributed by atoms with Crippen LogP contribution in [0.4, 0.5) is 17.6 Å². The quantitative estimate of drug-likeness (QED) is 0.108. The molecule has 4 aliphatic rings. The summed E-state index contributed by atoms with van der Waals surface area (Å²) in [5, 5.41) is 0.878. The van der Waals surface area contributed by atoms with Gasteiger partial charge in [-0.15, -0.1) is 0 Å². The fourth-order valence-corrected chi connectivity index (χ4v) is 14.2. The number of likely N-dealkylation sites (tertiary alicyclic amines) is 2. The number of alkyl halides is 2. The number of benzene rings is 4. The monoisotopic (exact) mass is 1010 g/mol. The second kappa shape index (κ2) is 21.0. The average Bonchev–Trinajstić information content (AvgIpc) is 4.08. The first-order valence-electron chi connectivity index (χ1n) is 22.5. The van der Waals surface area contributed by atoms with E-state index in [1.54, 1.807) is 48.5 Å². The SMILES string of the molecule is O=S(=O)(Cc1ncns1)c1ccc2c(c1)OCC[C@@H]2N1CC[C@H](CF)C[C@@H]1c1ccc(F)cc1.O=S(=O)(Cc1ncns1)c1ccc2c(c1)OCC[C@H]2N1CC[C@H](CF)C[C@@H]1c1ccc(F)cc1. The molecule has 0 amide bonds. The zero-order chi connectivity index (χ0) is 47.4. The summed E-state index contributed by atoms with van der Waals surface area (Å²) in [4.78, 5) is 13.0. The van der Waals surface area contributed by atoms with Gasteiger partial charge < -0.3 is 9.47 Å². The van der Waals surface area contributed by atoms with Gasteiger partial charge in [0.1, 0.15) is 57.3 Å². The van der Waals surface area contributed by atoms with Gasteiger partial charge in [0.25, 0.3) is 0 Å². The first-order valence-corrected chi connectivity index (χ1v) is 27.4. The van der Waals surface area contributed by atoms with Crippen LogP contribution in [0.2, 0.25) is 0 Å². The molecule has 0 radical (unpaired) electrons. The molecule has 10 rings (SSSR count). The number of rotatable bonds is 12. The lowest BCUT2D eigenvalue weighted by molar-refractivity contribution is 0.0394. The fourth-order valence-electron chi connectivity index (χ4n) is 9.95. The molecule has 0 N–H and O–H groups in total. The Balaban J connectivity index is 0.000000170. The molecule has 4 aliphatic heterocycles. The van der Waals surface area contributed by atoms with E-state index < -0.39 is 19.7 Å². The molecule has 6 heterocycles. The van der Waals surface area contributed by atoms with Gasteiger partial charge in [-0.05, 0) is 133 Å². The highest BCUT2D eigenvalue weighted by atomic mass is 32.2. The predicted octanol–water partition coefficient (Wildman–Crippen LogP) is 9.79. The van der Waals surface area contributed by atoms with Crippen LogP contribution in [0, 0.1) is 23.5 Å². The number of nitrogens with zero attached hydrogens (tertiary/aromatic N) is 6. The highest BCUT2D eigenvalue weighted by Crippen LogP contribution is 2.47. The van der Waals surface area contributed by atoms with Crippen LogP contribution in [0.5, 0.6) is 11.5 Å². The van der Waals surface area contributed by atoms with Crippen LogP contribution in [0.3, 0.4) is 0 Å². The van der Waals surface area contributed by atoms with Gasteiger partial charge in [0.2, 0.25) is 0 Å². The third kappa shape index (κ3) is 10.8. The Labute approximate surface area is 401 Å². The number of piperidine rings is 2. The van der Waals surface area contributed by atoms with E-state index in [1.807, 2.05) is 12.1 Å². The van der Waals surface area contributed by atoms with Crippen molar-refractivity contribution in [2.75, 3.05) is 39.7 Å². The molecule has 0 bridgehead atoms. The number of hydrogen-bond acceptors (Lipinski definition) is 14. The molecule has 0 spiro atoms. The van der Waals surface area contributed by atoms with Gasteiger partial charge in [0.15, 0.2) is 19.7 Å². The third-order valence-electron chi connectivity index (χ3n) is 13.4. The van der Waals surface area contributed by atoms with Crippen LogP contribution in [0.25, 0.3) is 0 Å². The van der Waals surface area contributed by atoms with Crippen molar-refractivity contribution in [2.24, 2.45) is 11.8 Å². The summed E-state index contributed by atoms with van der Waals surface area (Å²) in [7, 11) is -7.18. The van der Waals surface area contributed by atoms with Crippen molar-refractivity contribution in [3.63, 3.8) is 0 Å². The summed E-state index contributed by atoms with van der Waals surface area (Å²) in [6, 6.07) is 22.9. The summed E-state index contributed by atoms with van der Waals surface area (Å²) in [5.74, 6) is 0.0442. The molecule has 68 heavy (non-hydrogen) atoms. The van der Waals surface area contributed by atoms with Crippen molar-refractivity contribution in [3.05, 3.63) is 141 Å². The number of hydrogen-bond donors (Lipinski definition) is 0.